The first-order chi connectivity index (χ1) is 8.70. The molecule has 108 valence electrons. The van der Waals surface area contributed by atoms with Gasteiger partial charge < -0.3 is 9.84 Å². The van der Waals surface area contributed by atoms with Crippen molar-refractivity contribution in [2.75, 3.05) is 6.61 Å². The predicted molar refractivity (Wildman–Crippen MR) is 72.5 cm³/mol. The Balaban J connectivity index is 1.74. The number of hydrogen-bond donors (Lipinski definition) is 1. The lowest BCUT2D eigenvalue weighted by Crippen LogP contribution is -2.58. The summed E-state index contributed by atoms with van der Waals surface area (Å²) in [6.07, 6.45) is 5.52. The van der Waals surface area contributed by atoms with Gasteiger partial charge in [-0.25, -0.2) is 0 Å². The van der Waals surface area contributed by atoms with Gasteiger partial charge in [0.15, 0.2) is 0 Å². The largest absolute Gasteiger partial charge is 0.465 e. The standard InChI is InChI=1S/C16H26O3/c1-14(2,3)10-19-13(17)15-5-11-4-12(6-15)8-16(18,7-11)9-15/h11-12,18H,4-10H2,1-3H3. The van der Waals surface area contributed by atoms with E-state index in [9.17, 15) is 9.90 Å². The van der Waals surface area contributed by atoms with Crippen molar-refractivity contribution in [2.45, 2.75) is 64.9 Å². The number of rotatable bonds is 2. The molecule has 0 saturated heterocycles. The van der Waals surface area contributed by atoms with Crippen LogP contribution >= 0.6 is 0 Å². The Kier molecular flexibility index (Phi) is 2.80. The molecule has 0 amide bonds. The lowest BCUT2D eigenvalue weighted by molar-refractivity contribution is -0.197. The maximum atomic E-state index is 12.6. The average molecular weight is 266 g/mol. The van der Waals surface area contributed by atoms with Gasteiger partial charge in [0, 0.05) is 0 Å². The summed E-state index contributed by atoms with van der Waals surface area (Å²) in [5, 5.41) is 10.6. The molecule has 4 saturated carbocycles. The second kappa shape index (κ2) is 3.97. The van der Waals surface area contributed by atoms with Crippen LogP contribution in [0.5, 0.6) is 0 Å². The monoisotopic (exact) mass is 266 g/mol. The van der Waals surface area contributed by atoms with E-state index in [0.717, 1.165) is 25.7 Å². The summed E-state index contributed by atoms with van der Waals surface area (Å²) in [5.41, 5.74) is -0.941. The van der Waals surface area contributed by atoms with Gasteiger partial charge in [-0.05, 0) is 55.8 Å². The number of carbonyl (C=O) groups is 1. The van der Waals surface area contributed by atoms with E-state index in [1.807, 2.05) is 0 Å². The van der Waals surface area contributed by atoms with E-state index in [4.69, 9.17) is 4.74 Å². The molecule has 4 aliphatic rings. The fourth-order valence-electron chi connectivity index (χ4n) is 4.89. The van der Waals surface area contributed by atoms with Crippen LogP contribution in [-0.2, 0) is 9.53 Å². The van der Waals surface area contributed by atoms with Crippen molar-refractivity contribution in [2.24, 2.45) is 22.7 Å². The van der Waals surface area contributed by atoms with Crippen molar-refractivity contribution in [1.29, 1.82) is 0 Å². The van der Waals surface area contributed by atoms with Gasteiger partial charge in [0.05, 0.1) is 17.6 Å². The van der Waals surface area contributed by atoms with Crippen molar-refractivity contribution in [1.82, 2.24) is 0 Å². The van der Waals surface area contributed by atoms with Crippen molar-refractivity contribution in [3.8, 4) is 0 Å². The molecule has 4 fully saturated rings. The average Bonchev–Trinajstić information content (AvgIpc) is 2.21. The van der Waals surface area contributed by atoms with Crippen LogP contribution in [0.3, 0.4) is 0 Å². The SMILES string of the molecule is CC(C)(C)COC(=O)C12CC3CC(CC(O)(C3)C1)C2. The molecular formula is C16H26O3. The molecule has 3 heteroatoms. The van der Waals surface area contributed by atoms with Crippen molar-refractivity contribution >= 4 is 5.97 Å². The fourth-order valence-corrected chi connectivity index (χ4v) is 4.89. The molecule has 3 nitrogen and oxygen atoms in total. The van der Waals surface area contributed by atoms with Crippen molar-refractivity contribution < 1.29 is 14.6 Å². The molecule has 0 aliphatic heterocycles. The maximum absolute atomic E-state index is 12.6. The van der Waals surface area contributed by atoms with Gasteiger partial charge >= 0.3 is 5.97 Å². The van der Waals surface area contributed by atoms with Crippen LogP contribution in [-0.4, -0.2) is 23.3 Å². The predicted octanol–water partition coefficient (Wildman–Crippen LogP) is 2.91. The molecule has 4 aliphatic carbocycles. The summed E-state index contributed by atoms with van der Waals surface area (Å²) in [7, 11) is 0. The summed E-state index contributed by atoms with van der Waals surface area (Å²) in [5.74, 6) is 1.02. The van der Waals surface area contributed by atoms with E-state index in [1.54, 1.807) is 0 Å². The molecule has 0 aromatic heterocycles. The van der Waals surface area contributed by atoms with Crippen LogP contribution < -0.4 is 0 Å². The molecule has 4 rings (SSSR count). The van der Waals surface area contributed by atoms with E-state index in [-0.39, 0.29) is 16.8 Å². The molecule has 4 bridgehead atoms. The minimum absolute atomic E-state index is 0.00879. The zero-order valence-corrected chi connectivity index (χ0v) is 12.4. The smallest absolute Gasteiger partial charge is 0.312 e. The van der Waals surface area contributed by atoms with Crippen LogP contribution in [0.4, 0.5) is 0 Å². The number of ether oxygens (including phenoxy) is 1. The Labute approximate surface area is 115 Å². The van der Waals surface area contributed by atoms with Gasteiger partial charge in [-0.1, -0.05) is 20.8 Å². The van der Waals surface area contributed by atoms with Crippen LogP contribution in [0.1, 0.15) is 59.3 Å². The summed E-state index contributed by atoms with van der Waals surface area (Å²) in [6, 6.07) is 0. The van der Waals surface area contributed by atoms with Crippen LogP contribution in [0.15, 0.2) is 0 Å². The van der Waals surface area contributed by atoms with E-state index in [2.05, 4.69) is 20.8 Å². The lowest BCUT2D eigenvalue weighted by Gasteiger charge is -2.58. The number of carbonyl (C=O) groups excluding carboxylic acids is 1. The summed E-state index contributed by atoms with van der Waals surface area (Å²) in [6.45, 7) is 6.70. The number of hydrogen-bond acceptors (Lipinski definition) is 3. The highest BCUT2D eigenvalue weighted by molar-refractivity contribution is 5.77. The molecule has 0 spiro atoms. The van der Waals surface area contributed by atoms with E-state index < -0.39 is 5.60 Å². The Bertz CT molecular complexity index is 379. The van der Waals surface area contributed by atoms with E-state index in [0.29, 0.717) is 24.9 Å². The summed E-state index contributed by atoms with van der Waals surface area (Å²) < 4.78 is 5.59. The van der Waals surface area contributed by atoms with E-state index >= 15 is 0 Å². The molecule has 0 radical (unpaired) electrons. The second-order valence-electron chi connectivity index (χ2n) is 8.60. The zero-order chi connectivity index (χ0) is 13.9. The van der Waals surface area contributed by atoms with Crippen molar-refractivity contribution in [3.63, 3.8) is 0 Å². The number of esters is 1. The first-order valence-corrected chi connectivity index (χ1v) is 7.59. The Hall–Kier alpha value is -0.570. The molecule has 1 N–H and O–H groups in total. The van der Waals surface area contributed by atoms with Gasteiger partial charge in [0.1, 0.15) is 0 Å². The normalized spacial score (nSPS) is 44.4. The Morgan fingerprint density at radius 2 is 1.79 bits per heavy atom. The zero-order valence-electron chi connectivity index (χ0n) is 12.4. The lowest BCUT2D eigenvalue weighted by atomic mass is 9.48. The van der Waals surface area contributed by atoms with Crippen molar-refractivity contribution in [3.05, 3.63) is 0 Å². The minimum Gasteiger partial charge on any atom is -0.465 e. The molecule has 2 atom stereocenters. The van der Waals surface area contributed by atoms with Gasteiger partial charge in [-0.15, -0.1) is 0 Å². The van der Waals surface area contributed by atoms with Gasteiger partial charge in [0.25, 0.3) is 0 Å². The first kappa shape index (κ1) is 13.4. The second-order valence-corrected chi connectivity index (χ2v) is 8.60. The quantitative estimate of drug-likeness (QED) is 0.782. The number of aliphatic hydroxyl groups is 1. The summed E-state index contributed by atoms with van der Waals surface area (Å²) >= 11 is 0. The third-order valence-corrected chi connectivity index (χ3v) is 5.10. The molecule has 0 aromatic carbocycles. The fraction of sp³-hybridized carbons (Fsp3) is 0.938. The Morgan fingerprint density at radius 1 is 1.21 bits per heavy atom. The molecule has 0 aromatic rings. The third-order valence-electron chi connectivity index (χ3n) is 5.10. The first-order valence-electron chi connectivity index (χ1n) is 7.59. The molecular weight excluding hydrogens is 240 g/mol. The van der Waals surface area contributed by atoms with Crippen LogP contribution in [0.2, 0.25) is 0 Å². The van der Waals surface area contributed by atoms with Crippen LogP contribution in [0, 0.1) is 22.7 Å². The van der Waals surface area contributed by atoms with Gasteiger partial charge in [0.2, 0.25) is 0 Å². The van der Waals surface area contributed by atoms with Gasteiger partial charge in [-0.2, -0.15) is 0 Å². The minimum atomic E-state index is -0.579. The molecule has 19 heavy (non-hydrogen) atoms. The highest BCUT2D eigenvalue weighted by atomic mass is 16.5. The van der Waals surface area contributed by atoms with E-state index in [1.165, 1.54) is 6.42 Å². The topological polar surface area (TPSA) is 46.5 Å². The Morgan fingerprint density at radius 3 is 2.26 bits per heavy atom. The highest BCUT2D eigenvalue weighted by Crippen LogP contribution is 2.62. The highest BCUT2D eigenvalue weighted by Gasteiger charge is 2.60. The maximum Gasteiger partial charge on any atom is 0.312 e. The molecule has 2 unspecified atom stereocenters. The summed E-state index contributed by atoms with van der Waals surface area (Å²) in [4.78, 5) is 12.6. The van der Waals surface area contributed by atoms with Crippen LogP contribution in [0.25, 0.3) is 0 Å². The van der Waals surface area contributed by atoms with Gasteiger partial charge in [-0.3, -0.25) is 4.79 Å². The third kappa shape index (κ3) is 2.42. The molecule has 0 heterocycles.